The second-order valence-corrected chi connectivity index (χ2v) is 5.08. The summed E-state index contributed by atoms with van der Waals surface area (Å²) in [5, 5.41) is 14.7. The van der Waals surface area contributed by atoms with Crippen molar-refractivity contribution in [2.45, 2.75) is 38.6 Å². The van der Waals surface area contributed by atoms with E-state index in [4.69, 9.17) is 9.47 Å². The maximum absolute atomic E-state index is 11.2. The minimum absolute atomic E-state index is 0.0871. The molecule has 0 spiro atoms. The van der Waals surface area contributed by atoms with Gasteiger partial charge in [-0.1, -0.05) is 12.5 Å². The molecule has 0 saturated carbocycles. The van der Waals surface area contributed by atoms with Gasteiger partial charge in [-0.05, 0) is 44.9 Å². The number of benzene rings is 1. The minimum Gasteiger partial charge on any atom is -0.487 e. The predicted molar refractivity (Wildman–Crippen MR) is 80.0 cm³/mol. The number of hydrogen-bond donors (Lipinski definition) is 1. The zero-order valence-electron chi connectivity index (χ0n) is 12.3. The molecule has 6 heteroatoms. The Labute approximate surface area is 124 Å². The number of nitrogens with one attached hydrogen (secondary N) is 1. The Morgan fingerprint density at radius 1 is 1.33 bits per heavy atom. The van der Waals surface area contributed by atoms with Crippen LogP contribution in [0.15, 0.2) is 18.2 Å². The van der Waals surface area contributed by atoms with E-state index in [1.807, 2.05) is 0 Å². The van der Waals surface area contributed by atoms with Crippen LogP contribution in [-0.4, -0.2) is 30.7 Å². The highest BCUT2D eigenvalue weighted by Gasteiger charge is 2.22. The van der Waals surface area contributed by atoms with Crippen molar-refractivity contribution in [2.75, 3.05) is 19.8 Å². The Balaban J connectivity index is 1.98. The van der Waals surface area contributed by atoms with Gasteiger partial charge in [-0.2, -0.15) is 0 Å². The van der Waals surface area contributed by atoms with E-state index in [0.717, 1.165) is 19.4 Å². The standard InChI is InChI=1S/C15H22N2O4/c1-2-20-13-7-5-8-14(15(13)17(18)19)21-11-9-12-6-3-4-10-16-12/h5,7-8,12,16H,2-4,6,9-11H2,1H3. The lowest BCUT2D eigenvalue weighted by molar-refractivity contribution is -0.386. The highest BCUT2D eigenvalue weighted by atomic mass is 16.6. The highest BCUT2D eigenvalue weighted by Crippen LogP contribution is 2.36. The quantitative estimate of drug-likeness (QED) is 0.618. The van der Waals surface area contributed by atoms with E-state index >= 15 is 0 Å². The fraction of sp³-hybridized carbons (Fsp3) is 0.600. The zero-order valence-corrected chi connectivity index (χ0v) is 12.3. The van der Waals surface area contributed by atoms with Gasteiger partial charge < -0.3 is 14.8 Å². The van der Waals surface area contributed by atoms with Crippen molar-refractivity contribution >= 4 is 5.69 Å². The van der Waals surface area contributed by atoms with Crippen molar-refractivity contribution in [3.8, 4) is 11.5 Å². The summed E-state index contributed by atoms with van der Waals surface area (Å²) in [6, 6.07) is 5.38. The topological polar surface area (TPSA) is 73.6 Å². The fourth-order valence-electron chi connectivity index (χ4n) is 2.55. The summed E-state index contributed by atoms with van der Waals surface area (Å²) in [4.78, 5) is 10.8. The van der Waals surface area contributed by atoms with Crippen LogP contribution in [0.25, 0.3) is 0 Å². The third kappa shape index (κ3) is 4.32. The first kappa shape index (κ1) is 15.6. The van der Waals surface area contributed by atoms with E-state index in [2.05, 4.69) is 5.32 Å². The molecule has 1 atom stereocenters. The molecule has 0 radical (unpaired) electrons. The van der Waals surface area contributed by atoms with Gasteiger partial charge in [0.05, 0.1) is 18.1 Å². The average Bonchev–Trinajstić information content (AvgIpc) is 2.48. The Bertz CT molecular complexity index is 473. The van der Waals surface area contributed by atoms with Crippen molar-refractivity contribution in [1.29, 1.82) is 0 Å². The van der Waals surface area contributed by atoms with E-state index in [0.29, 0.717) is 19.3 Å². The first-order chi connectivity index (χ1) is 10.2. The van der Waals surface area contributed by atoms with Crippen LogP contribution < -0.4 is 14.8 Å². The van der Waals surface area contributed by atoms with Crippen LogP contribution >= 0.6 is 0 Å². The molecule has 1 N–H and O–H groups in total. The Morgan fingerprint density at radius 3 is 2.71 bits per heavy atom. The maximum atomic E-state index is 11.2. The Kier molecular flexibility index (Phi) is 5.80. The third-order valence-electron chi connectivity index (χ3n) is 3.58. The molecule has 0 amide bonds. The number of hydrogen-bond acceptors (Lipinski definition) is 5. The summed E-state index contributed by atoms with van der Waals surface area (Å²) in [5.41, 5.74) is -0.0871. The van der Waals surface area contributed by atoms with Gasteiger partial charge in [-0.3, -0.25) is 10.1 Å². The Hall–Kier alpha value is -1.82. The summed E-state index contributed by atoms with van der Waals surface area (Å²) in [5.74, 6) is 0.539. The molecule has 1 aromatic carbocycles. The molecular formula is C15H22N2O4. The lowest BCUT2D eigenvalue weighted by atomic mass is 10.0. The van der Waals surface area contributed by atoms with Crippen LogP contribution in [0.3, 0.4) is 0 Å². The molecule has 1 aliphatic rings. The van der Waals surface area contributed by atoms with Crippen molar-refractivity contribution < 1.29 is 14.4 Å². The van der Waals surface area contributed by atoms with Crippen molar-refractivity contribution in [3.05, 3.63) is 28.3 Å². The second kappa shape index (κ2) is 7.83. The molecule has 1 heterocycles. The number of ether oxygens (including phenoxy) is 2. The van der Waals surface area contributed by atoms with Crippen LogP contribution in [-0.2, 0) is 0 Å². The predicted octanol–water partition coefficient (Wildman–Crippen LogP) is 2.90. The van der Waals surface area contributed by atoms with E-state index in [1.165, 1.54) is 12.8 Å². The first-order valence-electron chi connectivity index (χ1n) is 7.48. The van der Waals surface area contributed by atoms with Gasteiger partial charge in [0.25, 0.3) is 0 Å². The molecule has 0 aliphatic carbocycles. The van der Waals surface area contributed by atoms with Crippen molar-refractivity contribution in [2.24, 2.45) is 0 Å². The molecule has 1 unspecified atom stereocenters. The van der Waals surface area contributed by atoms with Gasteiger partial charge in [0.2, 0.25) is 11.5 Å². The number of piperidine rings is 1. The summed E-state index contributed by atoms with van der Waals surface area (Å²) >= 11 is 0. The highest BCUT2D eigenvalue weighted by molar-refractivity contribution is 5.57. The van der Waals surface area contributed by atoms with Crippen LogP contribution in [0, 0.1) is 10.1 Å². The molecule has 116 valence electrons. The molecule has 1 saturated heterocycles. The summed E-state index contributed by atoms with van der Waals surface area (Å²) < 4.78 is 10.9. The van der Waals surface area contributed by atoms with E-state index in [1.54, 1.807) is 25.1 Å². The molecule has 1 aliphatic heterocycles. The zero-order chi connectivity index (χ0) is 15.1. The molecule has 6 nitrogen and oxygen atoms in total. The number of nitro benzene ring substituents is 1. The van der Waals surface area contributed by atoms with Gasteiger partial charge in [0.1, 0.15) is 0 Å². The lowest BCUT2D eigenvalue weighted by Gasteiger charge is -2.23. The van der Waals surface area contributed by atoms with Gasteiger partial charge >= 0.3 is 5.69 Å². The molecule has 1 fully saturated rings. The SMILES string of the molecule is CCOc1cccc(OCCC2CCCCN2)c1[N+](=O)[O-]. The number of nitrogens with zero attached hydrogens (tertiary/aromatic N) is 1. The molecule has 1 aromatic rings. The maximum Gasteiger partial charge on any atom is 0.352 e. The minimum atomic E-state index is -0.445. The lowest BCUT2D eigenvalue weighted by Crippen LogP contribution is -2.35. The van der Waals surface area contributed by atoms with Gasteiger partial charge in [0.15, 0.2) is 0 Å². The van der Waals surface area contributed by atoms with Crippen LogP contribution in [0.1, 0.15) is 32.6 Å². The normalized spacial score (nSPS) is 18.2. The fourth-order valence-corrected chi connectivity index (χ4v) is 2.55. The molecule has 2 rings (SSSR count). The molecule has 21 heavy (non-hydrogen) atoms. The monoisotopic (exact) mass is 294 g/mol. The second-order valence-electron chi connectivity index (χ2n) is 5.08. The van der Waals surface area contributed by atoms with E-state index < -0.39 is 4.92 Å². The van der Waals surface area contributed by atoms with Gasteiger partial charge in [0, 0.05) is 6.04 Å². The number of nitro groups is 1. The first-order valence-corrected chi connectivity index (χ1v) is 7.48. The average molecular weight is 294 g/mol. The molecule has 0 aromatic heterocycles. The van der Waals surface area contributed by atoms with E-state index in [9.17, 15) is 10.1 Å². The molecular weight excluding hydrogens is 272 g/mol. The number of para-hydroxylation sites is 1. The largest absolute Gasteiger partial charge is 0.487 e. The molecule has 0 bridgehead atoms. The number of rotatable bonds is 7. The Morgan fingerprint density at radius 2 is 2.10 bits per heavy atom. The van der Waals surface area contributed by atoms with Crippen molar-refractivity contribution in [3.63, 3.8) is 0 Å². The smallest absolute Gasteiger partial charge is 0.352 e. The van der Waals surface area contributed by atoms with Crippen molar-refractivity contribution in [1.82, 2.24) is 5.32 Å². The third-order valence-corrected chi connectivity index (χ3v) is 3.58. The van der Waals surface area contributed by atoms with Crippen LogP contribution in [0.2, 0.25) is 0 Å². The van der Waals surface area contributed by atoms with Gasteiger partial charge in [-0.15, -0.1) is 0 Å². The summed E-state index contributed by atoms with van der Waals surface area (Å²) in [6.07, 6.45) is 4.46. The summed E-state index contributed by atoms with van der Waals surface area (Å²) in [6.45, 7) is 3.70. The summed E-state index contributed by atoms with van der Waals surface area (Å²) in [7, 11) is 0. The van der Waals surface area contributed by atoms with E-state index in [-0.39, 0.29) is 17.2 Å². The van der Waals surface area contributed by atoms with Crippen LogP contribution in [0.4, 0.5) is 5.69 Å². The van der Waals surface area contributed by atoms with Gasteiger partial charge in [-0.25, -0.2) is 0 Å². The van der Waals surface area contributed by atoms with Crippen LogP contribution in [0.5, 0.6) is 11.5 Å².